The second-order valence-corrected chi connectivity index (χ2v) is 2.83. The van der Waals surface area contributed by atoms with Gasteiger partial charge in [-0.3, -0.25) is 0 Å². The molecule has 62 valence electrons. The predicted molar refractivity (Wildman–Crippen MR) is 52.6 cm³/mol. The van der Waals surface area contributed by atoms with E-state index in [0.29, 0.717) is 9.18 Å². The van der Waals surface area contributed by atoms with Crippen LogP contribution in [-0.2, 0) is 0 Å². The average molecular weight is 162 g/mol. The SMILES string of the molecule is C1CCC1.C1CCC1.[3H]PC. The van der Waals surface area contributed by atoms with E-state index >= 15 is 0 Å². The number of rotatable bonds is 0. The molecule has 0 N–H and O–H groups in total. The molecule has 0 nitrogen and oxygen atoms in total. The van der Waals surface area contributed by atoms with Crippen LogP contribution in [0.15, 0.2) is 0 Å². The lowest BCUT2D eigenvalue weighted by Gasteiger charge is -2.05. The summed E-state index contributed by atoms with van der Waals surface area (Å²) in [7, 11) is 0.333. The van der Waals surface area contributed by atoms with Gasteiger partial charge in [0.05, 0.1) is 1.28 Å². The lowest BCUT2D eigenvalue weighted by molar-refractivity contribution is 0.504. The smallest absolute Gasteiger partial charge is 0.0543 e. The summed E-state index contributed by atoms with van der Waals surface area (Å²) < 4.78 is 6.24. The molecule has 10 heavy (non-hydrogen) atoms. The third-order valence-corrected chi connectivity index (χ3v) is 2.00. The fourth-order valence-corrected chi connectivity index (χ4v) is 0.500. The highest BCUT2D eigenvalue weighted by molar-refractivity contribution is 7.15. The molecule has 0 bridgehead atoms. The molecule has 2 aliphatic carbocycles. The first-order valence-electron chi connectivity index (χ1n) is 5.00. The molecule has 0 spiro atoms. The van der Waals surface area contributed by atoms with Gasteiger partial charge in [-0.25, -0.2) is 0 Å². The van der Waals surface area contributed by atoms with Gasteiger partial charge in [0, 0.05) is 0 Å². The summed E-state index contributed by atoms with van der Waals surface area (Å²) >= 11 is 0. The van der Waals surface area contributed by atoms with Crippen LogP contribution in [0.2, 0.25) is 0 Å². The lowest BCUT2D eigenvalue weighted by atomic mass is 10.0. The van der Waals surface area contributed by atoms with E-state index in [1.165, 1.54) is 51.4 Å². The molecule has 0 radical (unpaired) electrons. The van der Waals surface area contributed by atoms with Crippen molar-refractivity contribution in [1.29, 1.82) is 1.28 Å². The molecule has 0 aliphatic heterocycles. The molecule has 0 heterocycles. The first-order chi connectivity index (χ1) is 5.41. The molecule has 1 heteroatoms. The molecular weight excluding hydrogens is 139 g/mol. The maximum atomic E-state index is 6.24. The van der Waals surface area contributed by atoms with Crippen molar-refractivity contribution in [1.82, 2.24) is 0 Å². The summed E-state index contributed by atoms with van der Waals surface area (Å²) in [6.45, 7) is 1.82. The highest BCUT2D eigenvalue weighted by atomic mass is 31.0. The highest BCUT2D eigenvalue weighted by Gasteiger charge is 1.95. The minimum Gasteiger partial charge on any atom is -0.141 e. The summed E-state index contributed by atoms with van der Waals surface area (Å²) in [4.78, 5) is 0. The molecule has 0 aromatic heterocycles. The average Bonchev–Trinajstić information content (AvgIpc) is 1.52. The molecule has 0 saturated heterocycles. The van der Waals surface area contributed by atoms with Crippen molar-refractivity contribution in [3.8, 4) is 0 Å². The maximum absolute atomic E-state index is 6.24. The zero-order valence-electron chi connectivity index (χ0n) is 8.16. The maximum Gasteiger partial charge on any atom is 0.0543 e. The van der Waals surface area contributed by atoms with Crippen molar-refractivity contribution in [2.24, 2.45) is 0 Å². The summed E-state index contributed by atoms with van der Waals surface area (Å²) in [5.74, 6) is 0. The van der Waals surface area contributed by atoms with Gasteiger partial charge in [0.2, 0.25) is 0 Å². The van der Waals surface area contributed by atoms with E-state index < -0.39 is 0 Å². The topological polar surface area (TPSA) is 0 Å². The van der Waals surface area contributed by atoms with Gasteiger partial charge < -0.3 is 0 Å². The standard InChI is InChI=1S/2C4H8.CH5P/c2*1-2-4-3-1;1-2/h2*1-4H2;2H2,1H3/i;;2T. The van der Waals surface area contributed by atoms with Gasteiger partial charge in [-0.05, 0) is 0 Å². The van der Waals surface area contributed by atoms with Crippen LogP contribution in [0.4, 0.5) is 0 Å². The van der Waals surface area contributed by atoms with E-state index in [0.717, 1.165) is 0 Å². The Balaban J connectivity index is 0.000000139. The van der Waals surface area contributed by atoms with Crippen LogP contribution in [-0.4, -0.2) is 7.94 Å². The Morgan fingerprint density at radius 2 is 0.900 bits per heavy atom. The zero-order valence-corrected chi connectivity index (χ0v) is 8.16. The largest absolute Gasteiger partial charge is 0.141 e. The molecule has 0 aromatic carbocycles. The fraction of sp³-hybridized carbons (Fsp3) is 1.00. The van der Waals surface area contributed by atoms with Crippen LogP contribution in [0.1, 0.15) is 51.4 Å². The lowest BCUT2D eigenvalue weighted by Crippen LogP contribution is -1.85. The quantitative estimate of drug-likeness (QED) is 0.477. The van der Waals surface area contributed by atoms with E-state index in [4.69, 9.17) is 1.28 Å². The zero-order chi connectivity index (χ0) is 8.36. The van der Waals surface area contributed by atoms with Gasteiger partial charge in [0.15, 0.2) is 0 Å². The van der Waals surface area contributed by atoms with Crippen LogP contribution in [0.5, 0.6) is 0 Å². The Morgan fingerprint density at radius 3 is 0.900 bits per heavy atom. The molecule has 0 aromatic rings. The van der Waals surface area contributed by atoms with Gasteiger partial charge in [0.1, 0.15) is 0 Å². The second kappa shape index (κ2) is 9.43. The Hall–Kier alpha value is 0.430. The van der Waals surface area contributed by atoms with E-state index in [1.807, 2.05) is 6.66 Å². The van der Waals surface area contributed by atoms with E-state index in [1.54, 1.807) is 0 Å². The van der Waals surface area contributed by atoms with Crippen LogP contribution in [0.3, 0.4) is 0 Å². The molecule has 2 rings (SSSR count). The highest BCUT2D eigenvalue weighted by Crippen LogP contribution is 2.15. The second-order valence-electron chi connectivity index (χ2n) is 2.83. The van der Waals surface area contributed by atoms with Crippen molar-refractivity contribution < 1.29 is 0 Å². The third-order valence-electron chi connectivity index (χ3n) is 2.00. The minimum atomic E-state index is 0.333. The van der Waals surface area contributed by atoms with Crippen LogP contribution >= 0.6 is 9.18 Å². The van der Waals surface area contributed by atoms with Crippen molar-refractivity contribution in [2.45, 2.75) is 51.4 Å². The Morgan fingerprint density at radius 1 is 0.800 bits per heavy atom. The Bertz CT molecular complexity index is 42.6. The van der Waals surface area contributed by atoms with Crippen molar-refractivity contribution in [2.75, 3.05) is 6.66 Å². The summed E-state index contributed by atoms with van der Waals surface area (Å²) in [6, 6.07) is 0. The van der Waals surface area contributed by atoms with Crippen LogP contribution in [0.25, 0.3) is 0 Å². The predicted octanol–water partition coefficient (Wildman–Crippen LogP) is 3.61. The van der Waals surface area contributed by atoms with Crippen molar-refractivity contribution >= 4 is 9.18 Å². The van der Waals surface area contributed by atoms with Gasteiger partial charge in [-0.1, -0.05) is 58.0 Å². The molecule has 1 unspecified atom stereocenters. The minimum absolute atomic E-state index is 0.333. The van der Waals surface area contributed by atoms with Crippen LogP contribution < -0.4 is 0 Å². The molecular formula is C9H21P. The van der Waals surface area contributed by atoms with E-state index in [9.17, 15) is 0 Å². The van der Waals surface area contributed by atoms with Crippen molar-refractivity contribution in [3.63, 3.8) is 0 Å². The Kier molecular flexibility index (Phi) is 8.04. The van der Waals surface area contributed by atoms with E-state index in [-0.39, 0.29) is 0 Å². The first kappa shape index (κ1) is 8.53. The first-order valence-corrected chi connectivity index (χ1v) is 5.50. The van der Waals surface area contributed by atoms with Gasteiger partial charge in [-0.15, -0.1) is 9.18 Å². The van der Waals surface area contributed by atoms with Gasteiger partial charge >= 0.3 is 0 Å². The normalized spacial score (nSPS) is 22.3. The fourth-order valence-electron chi connectivity index (χ4n) is 0.500. The molecule has 1 atom stereocenters. The molecule has 2 aliphatic rings. The summed E-state index contributed by atoms with van der Waals surface area (Å²) in [5, 5.41) is 0. The van der Waals surface area contributed by atoms with Gasteiger partial charge in [-0.2, -0.15) is 0 Å². The monoisotopic (exact) mass is 162 g/mol. The van der Waals surface area contributed by atoms with Crippen molar-refractivity contribution in [3.05, 3.63) is 0 Å². The number of hydrogen-bond donors (Lipinski definition) is 0. The number of hydrogen-bond acceptors (Lipinski definition) is 0. The summed E-state index contributed by atoms with van der Waals surface area (Å²) in [5.41, 5.74) is 0. The van der Waals surface area contributed by atoms with Crippen LogP contribution in [0, 0.1) is 0 Å². The van der Waals surface area contributed by atoms with Gasteiger partial charge in [0.25, 0.3) is 0 Å². The van der Waals surface area contributed by atoms with E-state index in [2.05, 4.69) is 0 Å². The Labute approximate surface area is 69.3 Å². The third kappa shape index (κ3) is 6.55. The molecule has 2 fully saturated rings. The molecule has 2 saturated carbocycles. The molecule has 0 amide bonds. The summed E-state index contributed by atoms with van der Waals surface area (Å²) in [6.07, 6.45) is 12.0.